The van der Waals surface area contributed by atoms with Crippen LogP contribution in [0.15, 0.2) is 0 Å². The normalized spacial score (nSPS) is 14.6. The lowest BCUT2D eigenvalue weighted by Gasteiger charge is -2.27. The van der Waals surface area contributed by atoms with E-state index < -0.39 is 12.7 Å². The third-order valence-corrected chi connectivity index (χ3v) is 2.63. The fourth-order valence-corrected chi connectivity index (χ4v) is 1.24. The van der Waals surface area contributed by atoms with Crippen LogP contribution in [0.4, 0.5) is 13.2 Å². The second-order valence-electron chi connectivity index (χ2n) is 4.39. The van der Waals surface area contributed by atoms with E-state index in [0.717, 1.165) is 4.90 Å². The highest BCUT2D eigenvalue weighted by molar-refractivity contribution is 5.82. The van der Waals surface area contributed by atoms with E-state index in [9.17, 15) is 18.0 Å². The van der Waals surface area contributed by atoms with Gasteiger partial charge in [0.1, 0.15) is 5.78 Å². The first kappa shape index (κ1) is 15.4. The fraction of sp³-hybridized carbons (Fsp3) is 0.909. The number of carbonyl (C=O) groups is 1. The highest BCUT2D eigenvalue weighted by Gasteiger charge is 2.32. The lowest BCUT2D eigenvalue weighted by atomic mass is 10.0. The number of alkyl halides is 3. The third kappa shape index (κ3) is 6.10. The summed E-state index contributed by atoms with van der Waals surface area (Å²) < 4.78 is 36.7. The number of halogens is 3. The first-order chi connectivity index (χ1) is 7.17. The van der Waals surface area contributed by atoms with Crippen LogP contribution in [0.25, 0.3) is 0 Å². The molecule has 0 aromatic carbocycles. The van der Waals surface area contributed by atoms with E-state index in [1.54, 1.807) is 20.8 Å². The highest BCUT2D eigenvalue weighted by atomic mass is 19.4. The van der Waals surface area contributed by atoms with Crippen molar-refractivity contribution in [1.29, 1.82) is 0 Å². The van der Waals surface area contributed by atoms with Crippen molar-refractivity contribution in [3.63, 3.8) is 0 Å². The number of nitrogens with zero attached hydrogens (tertiary/aromatic N) is 1. The van der Waals surface area contributed by atoms with Crippen molar-refractivity contribution in [3.8, 4) is 0 Å². The van der Waals surface area contributed by atoms with Crippen molar-refractivity contribution in [1.82, 2.24) is 4.90 Å². The van der Waals surface area contributed by atoms with Gasteiger partial charge in [-0.15, -0.1) is 0 Å². The summed E-state index contributed by atoms with van der Waals surface area (Å²) in [5, 5.41) is 0. The standard InChI is InChI=1S/C11H20F3NO/c1-5-9(4)10(16)6-15(8(2)3)7-11(12,13)14/h8-9H,5-7H2,1-4H3. The minimum atomic E-state index is -4.25. The van der Waals surface area contributed by atoms with E-state index >= 15 is 0 Å². The molecule has 0 N–H and O–H groups in total. The summed E-state index contributed by atoms with van der Waals surface area (Å²) in [5.74, 6) is -0.296. The summed E-state index contributed by atoms with van der Waals surface area (Å²) in [6.45, 7) is 5.78. The average molecular weight is 239 g/mol. The maximum Gasteiger partial charge on any atom is 0.401 e. The Kier molecular flexibility index (Phi) is 6.00. The number of Topliss-reactive ketones (excluding diaryl/α,β-unsaturated/α-hetero) is 1. The quantitative estimate of drug-likeness (QED) is 0.710. The molecular weight excluding hydrogens is 219 g/mol. The zero-order valence-corrected chi connectivity index (χ0v) is 10.3. The largest absolute Gasteiger partial charge is 0.401 e. The molecule has 0 heterocycles. The van der Waals surface area contributed by atoms with Crippen LogP contribution in [0.2, 0.25) is 0 Å². The molecule has 0 aromatic heterocycles. The van der Waals surface area contributed by atoms with Gasteiger partial charge in [0, 0.05) is 12.0 Å². The van der Waals surface area contributed by atoms with E-state index in [0.29, 0.717) is 6.42 Å². The van der Waals surface area contributed by atoms with E-state index in [1.807, 2.05) is 6.92 Å². The Labute approximate surface area is 94.8 Å². The maximum absolute atomic E-state index is 12.2. The molecule has 1 atom stereocenters. The summed E-state index contributed by atoms with van der Waals surface area (Å²) in [6.07, 6.45) is -3.59. The van der Waals surface area contributed by atoms with E-state index in [2.05, 4.69) is 0 Å². The van der Waals surface area contributed by atoms with Gasteiger partial charge in [0.05, 0.1) is 13.1 Å². The lowest BCUT2D eigenvalue weighted by molar-refractivity contribution is -0.152. The molecule has 0 radical (unpaired) electrons. The maximum atomic E-state index is 12.2. The van der Waals surface area contributed by atoms with Gasteiger partial charge in [0.25, 0.3) is 0 Å². The monoisotopic (exact) mass is 239 g/mol. The SMILES string of the molecule is CCC(C)C(=O)CN(CC(F)(F)F)C(C)C. The summed E-state index contributed by atoms with van der Waals surface area (Å²) in [6, 6.07) is -0.283. The van der Waals surface area contributed by atoms with Gasteiger partial charge < -0.3 is 0 Å². The Balaban J connectivity index is 4.41. The number of hydrogen-bond donors (Lipinski definition) is 0. The molecule has 0 aliphatic carbocycles. The van der Waals surface area contributed by atoms with Gasteiger partial charge in [-0.05, 0) is 20.3 Å². The predicted octanol–water partition coefficient (Wildman–Crippen LogP) is 2.87. The van der Waals surface area contributed by atoms with Crippen LogP contribution >= 0.6 is 0 Å². The molecule has 5 heteroatoms. The van der Waals surface area contributed by atoms with Crippen LogP contribution in [-0.4, -0.2) is 36.0 Å². The van der Waals surface area contributed by atoms with Crippen molar-refractivity contribution < 1.29 is 18.0 Å². The first-order valence-corrected chi connectivity index (χ1v) is 5.50. The number of hydrogen-bond acceptors (Lipinski definition) is 2. The zero-order chi connectivity index (χ0) is 12.9. The number of ketones is 1. The van der Waals surface area contributed by atoms with Crippen LogP contribution in [0.3, 0.4) is 0 Å². The summed E-state index contributed by atoms with van der Waals surface area (Å²) in [4.78, 5) is 12.7. The summed E-state index contributed by atoms with van der Waals surface area (Å²) >= 11 is 0. The van der Waals surface area contributed by atoms with Gasteiger partial charge in [-0.2, -0.15) is 13.2 Å². The predicted molar refractivity (Wildman–Crippen MR) is 57.2 cm³/mol. The molecule has 0 fully saturated rings. The van der Waals surface area contributed by atoms with Gasteiger partial charge in [-0.3, -0.25) is 9.69 Å². The van der Waals surface area contributed by atoms with E-state index in [4.69, 9.17) is 0 Å². The van der Waals surface area contributed by atoms with Gasteiger partial charge in [0.2, 0.25) is 0 Å². The van der Waals surface area contributed by atoms with Gasteiger partial charge in [-0.1, -0.05) is 13.8 Å². The van der Waals surface area contributed by atoms with E-state index in [-0.39, 0.29) is 24.3 Å². The Morgan fingerprint density at radius 3 is 2.06 bits per heavy atom. The van der Waals surface area contributed by atoms with Crippen LogP contribution < -0.4 is 0 Å². The van der Waals surface area contributed by atoms with E-state index in [1.165, 1.54) is 0 Å². The molecular formula is C11H20F3NO. The van der Waals surface area contributed by atoms with Crippen molar-refractivity contribution in [2.45, 2.75) is 46.3 Å². The second-order valence-corrected chi connectivity index (χ2v) is 4.39. The molecule has 0 aliphatic heterocycles. The van der Waals surface area contributed by atoms with Crippen LogP contribution in [0, 0.1) is 5.92 Å². The molecule has 0 aromatic rings. The lowest BCUT2D eigenvalue weighted by Crippen LogP contribution is -2.43. The summed E-state index contributed by atoms with van der Waals surface area (Å²) in [7, 11) is 0. The van der Waals surface area contributed by atoms with Gasteiger partial charge >= 0.3 is 6.18 Å². The Morgan fingerprint density at radius 1 is 1.25 bits per heavy atom. The Hall–Kier alpha value is -0.580. The van der Waals surface area contributed by atoms with Crippen LogP contribution in [0.5, 0.6) is 0 Å². The van der Waals surface area contributed by atoms with Crippen molar-refractivity contribution in [2.75, 3.05) is 13.1 Å². The molecule has 0 amide bonds. The highest BCUT2D eigenvalue weighted by Crippen LogP contribution is 2.18. The smallest absolute Gasteiger partial charge is 0.298 e. The number of rotatable bonds is 6. The fourth-order valence-electron chi connectivity index (χ4n) is 1.24. The molecule has 16 heavy (non-hydrogen) atoms. The average Bonchev–Trinajstić information content (AvgIpc) is 2.13. The van der Waals surface area contributed by atoms with Crippen molar-refractivity contribution in [2.24, 2.45) is 5.92 Å². The minimum absolute atomic E-state index is 0.119. The Bertz CT molecular complexity index is 226. The number of carbonyl (C=O) groups excluding carboxylic acids is 1. The molecule has 0 saturated carbocycles. The van der Waals surface area contributed by atoms with Gasteiger partial charge in [0.15, 0.2) is 0 Å². The topological polar surface area (TPSA) is 20.3 Å². The molecule has 96 valence electrons. The van der Waals surface area contributed by atoms with Gasteiger partial charge in [-0.25, -0.2) is 0 Å². The molecule has 2 nitrogen and oxygen atoms in total. The Morgan fingerprint density at radius 2 is 1.75 bits per heavy atom. The molecule has 0 aliphatic rings. The molecule has 0 bridgehead atoms. The van der Waals surface area contributed by atoms with Crippen molar-refractivity contribution >= 4 is 5.78 Å². The third-order valence-electron chi connectivity index (χ3n) is 2.63. The summed E-state index contributed by atoms with van der Waals surface area (Å²) in [5.41, 5.74) is 0. The van der Waals surface area contributed by atoms with Crippen molar-refractivity contribution in [3.05, 3.63) is 0 Å². The zero-order valence-electron chi connectivity index (χ0n) is 10.3. The minimum Gasteiger partial charge on any atom is -0.298 e. The molecule has 0 spiro atoms. The second kappa shape index (κ2) is 6.23. The van der Waals surface area contributed by atoms with Crippen LogP contribution in [0.1, 0.15) is 34.1 Å². The molecule has 1 unspecified atom stereocenters. The molecule has 0 rings (SSSR count). The molecule has 0 saturated heterocycles. The van der Waals surface area contributed by atoms with Crippen LogP contribution in [-0.2, 0) is 4.79 Å². The first-order valence-electron chi connectivity index (χ1n) is 5.50.